The van der Waals surface area contributed by atoms with Crippen LogP contribution in [0.1, 0.15) is 21.9 Å². The third-order valence-corrected chi connectivity index (χ3v) is 2.48. The quantitative estimate of drug-likeness (QED) is 0.747. The molecule has 2 aromatic heterocycles. The van der Waals surface area contributed by atoms with E-state index in [4.69, 9.17) is 5.73 Å². The first-order valence-electron chi connectivity index (χ1n) is 5.14. The average Bonchev–Trinajstić information content (AvgIpc) is 2.74. The van der Waals surface area contributed by atoms with E-state index in [1.54, 1.807) is 6.92 Å². The highest BCUT2D eigenvalue weighted by Gasteiger charge is 2.18. The van der Waals surface area contributed by atoms with Gasteiger partial charge in [0.15, 0.2) is 5.69 Å². The molecular weight excluding hydrogens is 236 g/mol. The molecule has 0 aliphatic rings. The van der Waals surface area contributed by atoms with Crippen LogP contribution in [0.5, 0.6) is 0 Å². The van der Waals surface area contributed by atoms with Crippen molar-refractivity contribution in [1.82, 2.24) is 24.7 Å². The Labute approximate surface area is 103 Å². The monoisotopic (exact) mass is 248 g/mol. The lowest BCUT2D eigenvalue weighted by Gasteiger charge is -2.04. The van der Waals surface area contributed by atoms with Gasteiger partial charge >= 0.3 is 5.97 Å². The molecule has 0 unspecified atom stereocenters. The van der Waals surface area contributed by atoms with Crippen molar-refractivity contribution in [2.24, 2.45) is 0 Å². The van der Waals surface area contributed by atoms with E-state index in [9.17, 15) is 4.79 Å². The van der Waals surface area contributed by atoms with E-state index in [0.717, 1.165) is 11.4 Å². The molecule has 0 aromatic carbocycles. The predicted octanol–water partition coefficient (Wildman–Crippen LogP) is 0.0429. The van der Waals surface area contributed by atoms with E-state index in [-0.39, 0.29) is 17.5 Å². The van der Waals surface area contributed by atoms with Crippen LogP contribution in [0.2, 0.25) is 0 Å². The molecule has 0 fully saturated rings. The number of ether oxygens (including phenoxy) is 1. The van der Waals surface area contributed by atoms with E-state index in [1.807, 2.05) is 6.92 Å². The van der Waals surface area contributed by atoms with Gasteiger partial charge in [-0.2, -0.15) is 5.10 Å². The molecular formula is C10H12N6O2. The Morgan fingerprint density at radius 1 is 1.33 bits per heavy atom. The Hall–Kier alpha value is -2.51. The van der Waals surface area contributed by atoms with Crippen LogP contribution in [0.3, 0.4) is 0 Å². The molecule has 2 aromatic rings. The minimum atomic E-state index is -0.608. The van der Waals surface area contributed by atoms with Gasteiger partial charge < -0.3 is 10.5 Å². The molecule has 8 nitrogen and oxygen atoms in total. The molecule has 0 bridgehead atoms. The highest BCUT2D eigenvalue weighted by molar-refractivity contribution is 5.92. The number of aromatic nitrogens is 5. The summed E-state index contributed by atoms with van der Waals surface area (Å²) in [5.74, 6) is -0.229. The minimum absolute atomic E-state index is 0.0272. The van der Waals surface area contributed by atoms with Gasteiger partial charge in [0.1, 0.15) is 12.1 Å². The third kappa shape index (κ3) is 1.88. The van der Waals surface area contributed by atoms with E-state index in [2.05, 4.69) is 24.9 Å². The van der Waals surface area contributed by atoms with E-state index in [0.29, 0.717) is 0 Å². The summed E-state index contributed by atoms with van der Waals surface area (Å²) in [7, 11) is 1.26. The van der Waals surface area contributed by atoms with Gasteiger partial charge in [-0.1, -0.05) is 0 Å². The lowest BCUT2D eigenvalue weighted by Crippen LogP contribution is -2.10. The normalized spacial score (nSPS) is 10.4. The lowest BCUT2D eigenvalue weighted by atomic mass is 10.4. The van der Waals surface area contributed by atoms with Gasteiger partial charge in [0.05, 0.1) is 18.5 Å². The molecule has 18 heavy (non-hydrogen) atoms. The van der Waals surface area contributed by atoms with Crippen LogP contribution in [0.4, 0.5) is 5.82 Å². The van der Waals surface area contributed by atoms with Crippen LogP contribution in [0.15, 0.2) is 6.33 Å². The van der Waals surface area contributed by atoms with Crippen molar-refractivity contribution in [1.29, 1.82) is 0 Å². The summed E-state index contributed by atoms with van der Waals surface area (Å²) in [4.78, 5) is 19.5. The molecule has 0 amide bonds. The molecule has 8 heteroatoms. The summed E-state index contributed by atoms with van der Waals surface area (Å²) in [6.45, 7) is 3.61. The van der Waals surface area contributed by atoms with E-state index < -0.39 is 5.97 Å². The summed E-state index contributed by atoms with van der Waals surface area (Å²) in [5.41, 5.74) is 7.28. The Balaban J connectivity index is 2.48. The summed E-state index contributed by atoms with van der Waals surface area (Å²) >= 11 is 0. The van der Waals surface area contributed by atoms with Crippen molar-refractivity contribution < 1.29 is 9.53 Å². The van der Waals surface area contributed by atoms with Crippen LogP contribution < -0.4 is 5.73 Å². The zero-order valence-corrected chi connectivity index (χ0v) is 10.2. The third-order valence-electron chi connectivity index (χ3n) is 2.48. The number of nitrogen functional groups attached to an aromatic ring is 1. The van der Waals surface area contributed by atoms with Crippen molar-refractivity contribution in [2.45, 2.75) is 13.8 Å². The number of nitrogens with zero attached hydrogens (tertiary/aromatic N) is 5. The molecule has 94 valence electrons. The fraction of sp³-hybridized carbons (Fsp3) is 0.300. The van der Waals surface area contributed by atoms with Crippen LogP contribution in [-0.4, -0.2) is 37.8 Å². The molecule has 0 spiro atoms. The number of rotatable bonds is 2. The Morgan fingerprint density at radius 2 is 2.06 bits per heavy atom. The van der Waals surface area contributed by atoms with Crippen molar-refractivity contribution in [3.05, 3.63) is 23.4 Å². The van der Waals surface area contributed by atoms with Crippen LogP contribution in [-0.2, 0) is 4.74 Å². The fourth-order valence-electron chi connectivity index (χ4n) is 1.32. The molecule has 0 saturated carbocycles. The zero-order chi connectivity index (χ0) is 13.3. The van der Waals surface area contributed by atoms with Crippen molar-refractivity contribution >= 4 is 11.8 Å². The number of carbonyl (C=O) groups is 1. The Morgan fingerprint density at radius 3 is 2.67 bits per heavy atom. The van der Waals surface area contributed by atoms with Gasteiger partial charge in [0.2, 0.25) is 0 Å². The minimum Gasteiger partial charge on any atom is -0.464 e. The van der Waals surface area contributed by atoms with Gasteiger partial charge in [-0.05, 0) is 13.8 Å². The number of anilines is 1. The SMILES string of the molecule is COC(=O)c1ncn(-c2nnc(C)c(C)n2)c1N. The van der Waals surface area contributed by atoms with Gasteiger partial charge in [0, 0.05) is 0 Å². The first kappa shape index (κ1) is 12.0. The second-order valence-electron chi connectivity index (χ2n) is 3.62. The highest BCUT2D eigenvalue weighted by atomic mass is 16.5. The van der Waals surface area contributed by atoms with Crippen molar-refractivity contribution in [3.63, 3.8) is 0 Å². The first-order chi connectivity index (χ1) is 8.54. The summed E-state index contributed by atoms with van der Waals surface area (Å²) < 4.78 is 5.94. The maximum absolute atomic E-state index is 11.4. The molecule has 0 aliphatic heterocycles. The van der Waals surface area contributed by atoms with E-state index >= 15 is 0 Å². The number of carbonyl (C=O) groups excluding carboxylic acids is 1. The molecule has 2 heterocycles. The molecule has 0 aliphatic carbocycles. The lowest BCUT2D eigenvalue weighted by molar-refractivity contribution is 0.0596. The fourth-order valence-corrected chi connectivity index (χ4v) is 1.32. The second-order valence-corrected chi connectivity index (χ2v) is 3.62. The maximum Gasteiger partial charge on any atom is 0.360 e. The number of imidazole rings is 1. The van der Waals surface area contributed by atoms with Crippen LogP contribution in [0.25, 0.3) is 5.95 Å². The zero-order valence-electron chi connectivity index (χ0n) is 10.2. The average molecular weight is 248 g/mol. The molecule has 2 N–H and O–H groups in total. The predicted molar refractivity (Wildman–Crippen MR) is 62.2 cm³/mol. The Kier molecular flexibility index (Phi) is 2.92. The van der Waals surface area contributed by atoms with Gasteiger partial charge in [-0.25, -0.2) is 14.8 Å². The topological polar surface area (TPSA) is 109 Å². The van der Waals surface area contributed by atoms with Crippen LogP contribution in [0, 0.1) is 13.8 Å². The summed E-state index contributed by atoms with van der Waals surface area (Å²) in [5, 5.41) is 7.84. The van der Waals surface area contributed by atoms with Gasteiger partial charge in [0.25, 0.3) is 5.95 Å². The Bertz CT molecular complexity index is 606. The molecule has 0 saturated heterocycles. The smallest absolute Gasteiger partial charge is 0.360 e. The molecule has 0 radical (unpaired) electrons. The van der Waals surface area contributed by atoms with Crippen LogP contribution >= 0.6 is 0 Å². The van der Waals surface area contributed by atoms with Gasteiger partial charge in [-0.15, -0.1) is 5.10 Å². The molecule has 0 atom stereocenters. The summed E-state index contributed by atoms with van der Waals surface area (Å²) in [6, 6.07) is 0. The summed E-state index contributed by atoms with van der Waals surface area (Å²) in [6.07, 6.45) is 1.35. The first-order valence-corrected chi connectivity index (χ1v) is 5.14. The number of hydrogen-bond acceptors (Lipinski definition) is 7. The standard InChI is InChI=1S/C10H12N6O2/c1-5-6(2)14-15-10(13-5)16-4-12-7(8(16)11)9(17)18-3/h4H,11H2,1-3H3. The van der Waals surface area contributed by atoms with E-state index in [1.165, 1.54) is 18.0 Å². The highest BCUT2D eigenvalue weighted by Crippen LogP contribution is 2.14. The van der Waals surface area contributed by atoms with Gasteiger partial charge in [-0.3, -0.25) is 4.57 Å². The number of aryl methyl sites for hydroxylation is 2. The number of esters is 1. The largest absolute Gasteiger partial charge is 0.464 e. The number of hydrogen-bond donors (Lipinski definition) is 1. The van der Waals surface area contributed by atoms with Crippen molar-refractivity contribution in [2.75, 3.05) is 12.8 Å². The number of nitrogens with two attached hydrogens (primary N) is 1. The second kappa shape index (κ2) is 4.40. The maximum atomic E-state index is 11.4. The number of methoxy groups -OCH3 is 1. The molecule has 2 rings (SSSR count). The van der Waals surface area contributed by atoms with Crippen molar-refractivity contribution in [3.8, 4) is 5.95 Å².